The summed E-state index contributed by atoms with van der Waals surface area (Å²) < 4.78 is 28.6. The fourth-order valence-corrected chi connectivity index (χ4v) is 7.61. The van der Waals surface area contributed by atoms with Gasteiger partial charge in [-0.3, -0.25) is 9.59 Å². The number of nitrogens with one attached hydrogen (secondary N) is 2. The molecule has 2 N–H and O–H groups in total. The molecule has 0 spiro atoms. The molecular weight excluding hydrogens is 474 g/mol. The normalized spacial score (nSPS) is 19.9. The molecule has 0 radical (unpaired) electrons. The molecule has 0 aromatic heterocycles. The summed E-state index contributed by atoms with van der Waals surface area (Å²) in [5.74, 6) is -0.481. The molecule has 1 fully saturated rings. The Hall–Kier alpha value is -2.97. The average molecular weight is 510 g/mol. The fraction of sp³-hybridized carbons (Fsp3) is 0.429. The van der Waals surface area contributed by atoms with Crippen LogP contribution >= 0.6 is 0 Å². The molecule has 1 aliphatic carbocycles. The first-order chi connectivity index (χ1) is 16.8. The zero-order chi connectivity index (χ0) is 26.3. The van der Waals surface area contributed by atoms with E-state index in [1.54, 1.807) is 12.1 Å². The van der Waals surface area contributed by atoms with E-state index >= 15 is 0 Å². The zero-order valence-corrected chi connectivity index (χ0v) is 22.2. The molecule has 192 valence electrons. The van der Waals surface area contributed by atoms with Crippen LogP contribution in [0.5, 0.6) is 0 Å². The molecule has 4 rings (SSSR count). The summed E-state index contributed by atoms with van der Waals surface area (Å²) in [6.07, 6.45) is 2.82. The Morgan fingerprint density at radius 2 is 1.44 bits per heavy atom. The Morgan fingerprint density at radius 3 is 1.94 bits per heavy atom. The van der Waals surface area contributed by atoms with Crippen molar-refractivity contribution in [2.75, 3.05) is 13.1 Å². The molecule has 0 atom stereocenters. The molecule has 36 heavy (non-hydrogen) atoms. The van der Waals surface area contributed by atoms with Gasteiger partial charge in [0, 0.05) is 30.7 Å². The lowest BCUT2D eigenvalue weighted by Gasteiger charge is -2.52. The lowest BCUT2D eigenvalue weighted by Crippen LogP contribution is -2.64. The van der Waals surface area contributed by atoms with Crippen LogP contribution in [0.15, 0.2) is 66.1 Å². The number of fused-ring (bicyclic) bond motifs is 1. The number of amides is 2. The Kier molecular flexibility index (Phi) is 6.88. The van der Waals surface area contributed by atoms with Gasteiger partial charge in [0.15, 0.2) is 0 Å². The van der Waals surface area contributed by atoms with Crippen molar-refractivity contribution in [3.8, 4) is 0 Å². The summed E-state index contributed by atoms with van der Waals surface area (Å²) in [4.78, 5) is 25.0. The monoisotopic (exact) mass is 509 g/mol. The molecule has 7 nitrogen and oxygen atoms in total. The van der Waals surface area contributed by atoms with Gasteiger partial charge >= 0.3 is 0 Å². The maximum absolute atomic E-state index is 13.6. The van der Waals surface area contributed by atoms with Gasteiger partial charge in [-0.25, -0.2) is 8.42 Å². The Morgan fingerprint density at radius 1 is 0.917 bits per heavy atom. The van der Waals surface area contributed by atoms with Crippen molar-refractivity contribution >= 4 is 21.8 Å². The second-order valence-corrected chi connectivity index (χ2v) is 13.2. The Bertz CT molecular complexity index is 1240. The third kappa shape index (κ3) is 5.11. The maximum atomic E-state index is 13.6. The van der Waals surface area contributed by atoms with Gasteiger partial charge in [-0.2, -0.15) is 4.31 Å². The van der Waals surface area contributed by atoms with Crippen LogP contribution in [0.2, 0.25) is 0 Å². The third-order valence-electron chi connectivity index (χ3n) is 7.34. The molecule has 2 aliphatic rings. The van der Waals surface area contributed by atoms with Crippen LogP contribution in [-0.2, 0) is 27.7 Å². The molecule has 8 heteroatoms. The van der Waals surface area contributed by atoms with Crippen molar-refractivity contribution in [3.05, 3.63) is 77.9 Å². The summed E-state index contributed by atoms with van der Waals surface area (Å²) in [6.45, 7) is 11.9. The number of hydrogen-bond acceptors (Lipinski definition) is 4. The van der Waals surface area contributed by atoms with Crippen LogP contribution in [0.3, 0.4) is 0 Å². The summed E-state index contributed by atoms with van der Waals surface area (Å²) in [7, 11) is -3.79. The van der Waals surface area contributed by atoms with Crippen LogP contribution in [0.4, 0.5) is 0 Å². The molecule has 0 saturated carbocycles. The number of sulfonamides is 1. The maximum Gasteiger partial charge on any atom is 0.251 e. The molecule has 2 amide bonds. The SMILES string of the molecule is C=CC(=O)NC1C(C)(C)CN(S(=O)(=O)c2ccc(C(=O)NC3Cc4ccccc4C3)cc2)CC1(C)C. The molecule has 1 aliphatic heterocycles. The fourth-order valence-electron chi connectivity index (χ4n) is 5.82. The summed E-state index contributed by atoms with van der Waals surface area (Å²) in [5, 5.41) is 6.06. The number of carbonyl (C=O) groups is 2. The minimum atomic E-state index is -3.79. The highest BCUT2D eigenvalue weighted by atomic mass is 32.2. The molecular formula is C28H35N3O4S. The molecule has 0 bridgehead atoms. The topological polar surface area (TPSA) is 95.6 Å². The second kappa shape index (κ2) is 9.48. The van der Waals surface area contributed by atoms with E-state index in [1.807, 2.05) is 39.8 Å². The van der Waals surface area contributed by atoms with Gasteiger partial charge in [0.05, 0.1) is 4.90 Å². The van der Waals surface area contributed by atoms with Crippen molar-refractivity contribution < 1.29 is 18.0 Å². The van der Waals surface area contributed by atoms with E-state index in [1.165, 1.54) is 33.6 Å². The van der Waals surface area contributed by atoms with E-state index in [4.69, 9.17) is 0 Å². The molecule has 0 unspecified atom stereocenters. The smallest absolute Gasteiger partial charge is 0.251 e. The van der Waals surface area contributed by atoms with E-state index in [-0.39, 0.29) is 41.9 Å². The predicted octanol–water partition coefficient (Wildman–Crippen LogP) is 3.31. The minimum absolute atomic E-state index is 0.0330. The average Bonchev–Trinajstić information content (AvgIpc) is 3.23. The number of hydrogen-bond donors (Lipinski definition) is 2. The van der Waals surface area contributed by atoms with Gasteiger partial charge < -0.3 is 10.6 Å². The van der Waals surface area contributed by atoms with Gasteiger partial charge in [0.2, 0.25) is 15.9 Å². The largest absolute Gasteiger partial charge is 0.349 e. The standard InChI is InChI=1S/C28H35N3O4S/c1-6-24(32)30-26-27(2,3)17-31(18-28(26,4)5)36(34,35)23-13-11-19(12-14-23)25(33)29-22-15-20-9-7-8-10-21(20)16-22/h6-14,22,26H,1,15-18H2,2-5H3,(H,29,33)(H,30,32). The molecule has 2 aromatic carbocycles. The minimum Gasteiger partial charge on any atom is -0.349 e. The van der Waals surface area contributed by atoms with Crippen LogP contribution in [0, 0.1) is 10.8 Å². The number of rotatable bonds is 6. The van der Waals surface area contributed by atoms with Crippen molar-refractivity contribution in [1.29, 1.82) is 0 Å². The number of benzene rings is 2. The zero-order valence-electron chi connectivity index (χ0n) is 21.4. The van der Waals surface area contributed by atoms with E-state index < -0.39 is 20.9 Å². The quantitative estimate of drug-likeness (QED) is 0.584. The van der Waals surface area contributed by atoms with Gasteiger partial charge in [0.1, 0.15) is 0 Å². The van der Waals surface area contributed by atoms with E-state index in [2.05, 4.69) is 29.3 Å². The first-order valence-corrected chi connectivity index (χ1v) is 13.7. The first-order valence-electron chi connectivity index (χ1n) is 12.2. The Balaban J connectivity index is 1.46. The summed E-state index contributed by atoms with van der Waals surface area (Å²) in [5.41, 5.74) is 1.92. The summed E-state index contributed by atoms with van der Waals surface area (Å²) in [6, 6.07) is 14.1. The van der Waals surface area contributed by atoms with Gasteiger partial charge in [-0.15, -0.1) is 0 Å². The van der Waals surface area contributed by atoms with Crippen molar-refractivity contribution in [3.63, 3.8) is 0 Å². The van der Waals surface area contributed by atoms with Crippen molar-refractivity contribution in [2.45, 2.75) is 57.5 Å². The van der Waals surface area contributed by atoms with Gasteiger partial charge in [0.25, 0.3) is 5.91 Å². The number of nitrogens with zero attached hydrogens (tertiary/aromatic N) is 1. The molecule has 1 saturated heterocycles. The van der Waals surface area contributed by atoms with E-state index in [0.717, 1.165) is 12.8 Å². The van der Waals surface area contributed by atoms with Crippen molar-refractivity contribution in [2.24, 2.45) is 10.8 Å². The van der Waals surface area contributed by atoms with Crippen molar-refractivity contribution in [1.82, 2.24) is 14.9 Å². The third-order valence-corrected chi connectivity index (χ3v) is 9.15. The predicted molar refractivity (Wildman–Crippen MR) is 140 cm³/mol. The van der Waals surface area contributed by atoms with E-state index in [9.17, 15) is 18.0 Å². The lowest BCUT2D eigenvalue weighted by molar-refractivity contribution is -0.120. The Labute approximate surface area is 214 Å². The first kappa shape index (κ1) is 26.1. The molecule has 2 aromatic rings. The highest BCUT2D eigenvalue weighted by Gasteiger charge is 2.50. The summed E-state index contributed by atoms with van der Waals surface area (Å²) >= 11 is 0. The number of carbonyl (C=O) groups excluding carboxylic acids is 2. The van der Waals surface area contributed by atoms with Crippen LogP contribution < -0.4 is 10.6 Å². The van der Waals surface area contributed by atoms with Crippen LogP contribution in [0.25, 0.3) is 0 Å². The van der Waals surface area contributed by atoms with E-state index in [0.29, 0.717) is 5.56 Å². The highest BCUT2D eigenvalue weighted by molar-refractivity contribution is 7.89. The van der Waals surface area contributed by atoms with Crippen LogP contribution in [0.1, 0.15) is 49.2 Å². The second-order valence-electron chi connectivity index (χ2n) is 11.3. The molecule has 1 heterocycles. The van der Waals surface area contributed by atoms with Gasteiger partial charge in [-0.1, -0.05) is 58.5 Å². The van der Waals surface area contributed by atoms with Crippen LogP contribution in [-0.4, -0.2) is 49.7 Å². The number of piperidine rings is 1. The van der Waals surface area contributed by atoms with Gasteiger partial charge in [-0.05, 0) is 65.1 Å². The highest BCUT2D eigenvalue weighted by Crippen LogP contribution is 2.42. The lowest BCUT2D eigenvalue weighted by atomic mass is 9.67.